The van der Waals surface area contributed by atoms with E-state index in [4.69, 9.17) is 9.47 Å². The molecule has 2 saturated heterocycles. The Morgan fingerprint density at radius 3 is 2.67 bits per heavy atom. The highest BCUT2D eigenvalue weighted by Gasteiger charge is 2.31. The van der Waals surface area contributed by atoms with E-state index in [2.05, 4.69) is 5.32 Å². The van der Waals surface area contributed by atoms with E-state index >= 15 is 0 Å². The van der Waals surface area contributed by atoms with Crippen molar-refractivity contribution in [3.05, 3.63) is 29.8 Å². The lowest BCUT2D eigenvalue weighted by atomic mass is 9.98. The zero-order chi connectivity index (χ0) is 19.2. The second-order valence-electron chi connectivity index (χ2n) is 7.76. The summed E-state index contributed by atoms with van der Waals surface area (Å²) >= 11 is 0. The molecule has 2 atom stereocenters. The summed E-state index contributed by atoms with van der Waals surface area (Å²) in [6.07, 6.45) is 3.63. The smallest absolute Gasteiger partial charge is 0.251 e. The van der Waals surface area contributed by atoms with Crippen molar-refractivity contribution in [3.8, 4) is 5.75 Å². The van der Waals surface area contributed by atoms with E-state index in [0.717, 1.165) is 44.5 Å². The van der Waals surface area contributed by atoms with Crippen molar-refractivity contribution in [2.75, 3.05) is 26.3 Å². The Morgan fingerprint density at radius 2 is 2.00 bits per heavy atom. The van der Waals surface area contributed by atoms with Crippen LogP contribution in [0.5, 0.6) is 5.75 Å². The maximum atomic E-state index is 12.5. The number of carbonyl (C=O) groups is 2. The van der Waals surface area contributed by atoms with Crippen molar-refractivity contribution in [2.24, 2.45) is 5.92 Å². The van der Waals surface area contributed by atoms with Crippen LogP contribution in [0.25, 0.3) is 0 Å². The number of piperidine rings is 1. The standard InChI is InChI=1S/C21H30N2O4/c1-15(2)22-20(24)17-7-9-18(10-8-17)27-14-16-5-3-11-23(13-16)21(25)19-6-4-12-26-19/h7-10,15-16,19H,3-6,11-14H2,1-2H3,(H,22,24). The van der Waals surface area contributed by atoms with Gasteiger partial charge in [0.2, 0.25) is 0 Å². The first-order chi connectivity index (χ1) is 13.0. The molecule has 3 rings (SSSR count). The van der Waals surface area contributed by atoms with Gasteiger partial charge in [-0.1, -0.05) is 0 Å². The lowest BCUT2D eigenvalue weighted by Gasteiger charge is -2.34. The molecule has 6 heteroatoms. The first-order valence-corrected chi connectivity index (χ1v) is 9.97. The summed E-state index contributed by atoms with van der Waals surface area (Å²) in [4.78, 5) is 26.4. The fourth-order valence-electron chi connectivity index (χ4n) is 3.64. The number of ether oxygens (including phenoxy) is 2. The van der Waals surface area contributed by atoms with Gasteiger partial charge in [0.1, 0.15) is 11.9 Å². The van der Waals surface area contributed by atoms with Crippen LogP contribution in [0.3, 0.4) is 0 Å². The summed E-state index contributed by atoms with van der Waals surface area (Å²) in [5.74, 6) is 1.14. The molecule has 6 nitrogen and oxygen atoms in total. The summed E-state index contributed by atoms with van der Waals surface area (Å²) in [5.41, 5.74) is 0.627. The monoisotopic (exact) mass is 374 g/mol. The van der Waals surface area contributed by atoms with Crippen LogP contribution < -0.4 is 10.1 Å². The Balaban J connectivity index is 1.47. The molecule has 2 amide bonds. The van der Waals surface area contributed by atoms with Crippen molar-refractivity contribution in [2.45, 2.75) is 51.7 Å². The molecule has 2 heterocycles. The minimum Gasteiger partial charge on any atom is -0.493 e. The van der Waals surface area contributed by atoms with E-state index in [1.165, 1.54) is 0 Å². The number of hydrogen-bond donors (Lipinski definition) is 1. The molecule has 0 spiro atoms. The molecule has 0 aliphatic carbocycles. The molecule has 148 valence electrons. The highest BCUT2D eigenvalue weighted by molar-refractivity contribution is 5.94. The number of carbonyl (C=O) groups excluding carboxylic acids is 2. The minimum absolute atomic E-state index is 0.0767. The molecule has 27 heavy (non-hydrogen) atoms. The van der Waals surface area contributed by atoms with Gasteiger partial charge in [-0.2, -0.15) is 0 Å². The largest absolute Gasteiger partial charge is 0.493 e. The maximum Gasteiger partial charge on any atom is 0.251 e. The van der Waals surface area contributed by atoms with E-state index in [1.807, 2.05) is 30.9 Å². The average molecular weight is 374 g/mol. The van der Waals surface area contributed by atoms with Gasteiger partial charge in [-0.05, 0) is 63.8 Å². The number of rotatable bonds is 6. The zero-order valence-corrected chi connectivity index (χ0v) is 16.3. The number of nitrogens with one attached hydrogen (secondary N) is 1. The van der Waals surface area contributed by atoms with Crippen LogP contribution in [-0.4, -0.2) is 55.2 Å². The molecule has 0 bridgehead atoms. The van der Waals surface area contributed by atoms with Crippen molar-refractivity contribution in [3.63, 3.8) is 0 Å². The molecule has 2 aliphatic heterocycles. The molecular weight excluding hydrogens is 344 g/mol. The van der Waals surface area contributed by atoms with Gasteiger partial charge in [0, 0.05) is 37.2 Å². The van der Waals surface area contributed by atoms with Crippen molar-refractivity contribution >= 4 is 11.8 Å². The molecule has 1 N–H and O–H groups in total. The number of likely N-dealkylation sites (tertiary alicyclic amines) is 1. The van der Waals surface area contributed by atoms with Crippen molar-refractivity contribution in [1.29, 1.82) is 0 Å². The molecule has 1 aromatic carbocycles. The number of nitrogens with zero attached hydrogens (tertiary/aromatic N) is 1. The normalized spacial score (nSPS) is 22.7. The average Bonchev–Trinajstić information content (AvgIpc) is 3.20. The van der Waals surface area contributed by atoms with Gasteiger partial charge in [0.15, 0.2) is 0 Å². The van der Waals surface area contributed by atoms with E-state index in [0.29, 0.717) is 24.7 Å². The van der Waals surface area contributed by atoms with E-state index < -0.39 is 0 Å². The van der Waals surface area contributed by atoms with Crippen LogP contribution in [0.2, 0.25) is 0 Å². The second kappa shape index (κ2) is 9.22. The Kier molecular flexibility index (Phi) is 6.72. The maximum absolute atomic E-state index is 12.5. The van der Waals surface area contributed by atoms with E-state index in [9.17, 15) is 9.59 Å². The first kappa shape index (κ1) is 19.7. The third-order valence-electron chi connectivity index (χ3n) is 5.06. The zero-order valence-electron chi connectivity index (χ0n) is 16.3. The highest BCUT2D eigenvalue weighted by Crippen LogP contribution is 2.22. The van der Waals surface area contributed by atoms with Crippen LogP contribution in [0.4, 0.5) is 0 Å². The molecule has 0 aromatic heterocycles. The summed E-state index contributed by atoms with van der Waals surface area (Å²) in [6, 6.07) is 7.32. The van der Waals surface area contributed by atoms with E-state index in [1.54, 1.807) is 12.1 Å². The fraction of sp³-hybridized carbons (Fsp3) is 0.619. The third kappa shape index (κ3) is 5.45. The second-order valence-corrected chi connectivity index (χ2v) is 7.76. The Morgan fingerprint density at radius 1 is 1.22 bits per heavy atom. The number of hydrogen-bond acceptors (Lipinski definition) is 4. The van der Waals surface area contributed by atoms with Crippen LogP contribution in [-0.2, 0) is 9.53 Å². The van der Waals surface area contributed by atoms with Gasteiger partial charge in [0.25, 0.3) is 11.8 Å². The van der Waals surface area contributed by atoms with Gasteiger partial charge >= 0.3 is 0 Å². The lowest BCUT2D eigenvalue weighted by molar-refractivity contribution is -0.143. The summed E-state index contributed by atoms with van der Waals surface area (Å²) in [6.45, 7) is 6.69. The lowest BCUT2D eigenvalue weighted by Crippen LogP contribution is -2.45. The quantitative estimate of drug-likeness (QED) is 0.831. The molecule has 2 fully saturated rings. The third-order valence-corrected chi connectivity index (χ3v) is 5.06. The fourth-order valence-corrected chi connectivity index (χ4v) is 3.64. The SMILES string of the molecule is CC(C)NC(=O)c1ccc(OCC2CCCN(C(=O)C3CCCO3)C2)cc1. The predicted octanol–water partition coefficient (Wildman–Crippen LogP) is 2.62. The van der Waals surface area contributed by atoms with Crippen LogP contribution in [0.1, 0.15) is 49.9 Å². The Bertz CT molecular complexity index is 638. The van der Waals surface area contributed by atoms with Crippen LogP contribution in [0.15, 0.2) is 24.3 Å². The summed E-state index contributed by atoms with van der Waals surface area (Å²) < 4.78 is 11.4. The van der Waals surface area contributed by atoms with Crippen LogP contribution in [0, 0.1) is 5.92 Å². The minimum atomic E-state index is -0.241. The summed E-state index contributed by atoms with van der Waals surface area (Å²) in [5, 5.41) is 2.87. The molecule has 1 aromatic rings. The van der Waals surface area contributed by atoms with Crippen molar-refractivity contribution in [1.82, 2.24) is 10.2 Å². The van der Waals surface area contributed by atoms with Gasteiger partial charge in [-0.3, -0.25) is 9.59 Å². The van der Waals surface area contributed by atoms with Gasteiger partial charge in [-0.25, -0.2) is 0 Å². The number of amides is 2. The molecular formula is C21H30N2O4. The molecule has 2 unspecified atom stereocenters. The van der Waals surface area contributed by atoms with Gasteiger partial charge < -0.3 is 19.7 Å². The molecule has 0 saturated carbocycles. The number of benzene rings is 1. The highest BCUT2D eigenvalue weighted by atomic mass is 16.5. The summed E-state index contributed by atoms with van der Waals surface area (Å²) in [7, 11) is 0. The molecule has 0 radical (unpaired) electrons. The van der Waals surface area contributed by atoms with Gasteiger partial charge in [-0.15, -0.1) is 0 Å². The Hall–Kier alpha value is -2.08. The van der Waals surface area contributed by atoms with E-state index in [-0.39, 0.29) is 24.0 Å². The first-order valence-electron chi connectivity index (χ1n) is 9.97. The predicted molar refractivity (Wildman–Crippen MR) is 103 cm³/mol. The van der Waals surface area contributed by atoms with Crippen LogP contribution >= 0.6 is 0 Å². The van der Waals surface area contributed by atoms with Crippen molar-refractivity contribution < 1.29 is 19.1 Å². The Labute approximate surface area is 161 Å². The topological polar surface area (TPSA) is 67.9 Å². The molecule has 2 aliphatic rings. The van der Waals surface area contributed by atoms with Gasteiger partial charge in [0.05, 0.1) is 6.61 Å².